The molecule has 1 aromatic heterocycles. The molecule has 7 nitrogen and oxygen atoms in total. The van der Waals surface area contributed by atoms with Crippen molar-refractivity contribution < 1.29 is 31.1 Å². The van der Waals surface area contributed by atoms with Crippen LogP contribution in [0, 0.1) is 0 Å². The normalized spacial score (nSPS) is 19.8. The third-order valence-corrected chi connectivity index (χ3v) is 9.29. The third-order valence-electron chi connectivity index (χ3n) is 6.35. The molecule has 0 aliphatic carbocycles. The van der Waals surface area contributed by atoms with E-state index in [1.54, 1.807) is 18.2 Å². The molecule has 194 valence electrons. The molecular weight excluding hydrogens is 515 g/mol. The van der Waals surface area contributed by atoms with E-state index < -0.39 is 21.8 Å². The molecule has 2 aromatic carbocycles. The largest absolute Gasteiger partial charge is 0.416 e. The van der Waals surface area contributed by atoms with E-state index in [1.165, 1.54) is 28.2 Å². The van der Waals surface area contributed by atoms with E-state index >= 15 is 0 Å². The summed E-state index contributed by atoms with van der Waals surface area (Å²) in [5, 5.41) is 0.668. The lowest BCUT2D eigenvalue weighted by molar-refractivity contribution is -0.137. The van der Waals surface area contributed by atoms with E-state index in [9.17, 15) is 21.6 Å². The summed E-state index contributed by atoms with van der Waals surface area (Å²) >= 11 is 1.40. The highest BCUT2D eigenvalue weighted by Gasteiger charge is 2.30. The van der Waals surface area contributed by atoms with Crippen molar-refractivity contribution in [2.75, 3.05) is 32.9 Å². The Morgan fingerprint density at radius 2 is 1.81 bits per heavy atom. The molecule has 0 unspecified atom stereocenters. The molecule has 0 radical (unpaired) electrons. The predicted octanol–water partition coefficient (Wildman–Crippen LogP) is 4.55. The number of hydrogen-bond acceptors (Lipinski definition) is 6. The number of benzene rings is 2. The van der Waals surface area contributed by atoms with E-state index in [2.05, 4.69) is 0 Å². The molecule has 36 heavy (non-hydrogen) atoms. The summed E-state index contributed by atoms with van der Waals surface area (Å²) in [5.74, 6) is 0.423. The number of halogens is 3. The van der Waals surface area contributed by atoms with Crippen LogP contribution in [0.3, 0.4) is 0 Å². The quantitative estimate of drug-likeness (QED) is 0.409. The Kier molecular flexibility index (Phi) is 7.32. The second-order valence-corrected chi connectivity index (χ2v) is 11.7. The number of fused-ring (bicyclic) bond motifs is 1. The van der Waals surface area contributed by atoms with Crippen LogP contribution in [0.5, 0.6) is 0 Å². The lowest BCUT2D eigenvalue weighted by Crippen LogP contribution is -2.40. The van der Waals surface area contributed by atoms with Crippen molar-refractivity contribution in [3.05, 3.63) is 53.6 Å². The van der Waals surface area contributed by atoms with Crippen LogP contribution in [0.25, 0.3) is 11.0 Å². The van der Waals surface area contributed by atoms with Crippen molar-refractivity contribution in [1.29, 1.82) is 0 Å². The van der Waals surface area contributed by atoms with Crippen molar-refractivity contribution in [3.8, 4) is 0 Å². The Labute approximate surface area is 211 Å². The van der Waals surface area contributed by atoms with Crippen molar-refractivity contribution in [2.24, 2.45) is 0 Å². The summed E-state index contributed by atoms with van der Waals surface area (Å²) < 4.78 is 79.5. The predicted molar refractivity (Wildman–Crippen MR) is 129 cm³/mol. The number of alkyl halides is 3. The first kappa shape index (κ1) is 25.5. The zero-order valence-corrected chi connectivity index (χ0v) is 21.0. The number of morpholine rings is 1. The minimum absolute atomic E-state index is 0.0320. The fraction of sp³-hybridized carbons (Fsp3) is 0.458. The van der Waals surface area contributed by atoms with Gasteiger partial charge in [0.1, 0.15) is 0 Å². The second kappa shape index (κ2) is 10.3. The summed E-state index contributed by atoms with van der Waals surface area (Å²) in [7, 11) is -3.67. The Morgan fingerprint density at radius 1 is 1.06 bits per heavy atom. The molecule has 0 spiro atoms. The van der Waals surface area contributed by atoms with Gasteiger partial charge in [-0.3, -0.25) is 0 Å². The number of sulfonamides is 1. The Morgan fingerprint density at radius 3 is 2.47 bits per heavy atom. The highest BCUT2D eigenvalue weighted by Crippen LogP contribution is 2.32. The van der Waals surface area contributed by atoms with E-state index in [4.69, 9.17) is 14.5 Å². The van der Waals surface area contributed by atoms with Gasteiger partial charge in [0.25, 0.3) is 0 Å². The van der Waals surface area contributed by atoms with Gasteiger partial charge >= 0.3 is 6.18 Å². The molecule has 0 amide bonds. The van der Waals surface area contributed by atoms with Crippen molar-refractivity contribution in [1.82, 2.24) is 13.9 Å². The molecule has 1 atom stereocenters. The van der Waals surface area contributed by atoms with Crippen LogP contribution in [0.15, 0.2) is 52.5 Å². The van der Waals surface area contributed by atoms with Crippen LogP contribution in [-0.2, 0) is 38.0 Å². The van der Waals surface area contributed by atoms with Crippen LogP contribution < -0.4 is 0 Å². The van der Waals surface area contributed by atoms with Crippen LogP contribution in [0.2, 0.25) is 0 Å². The van der Waals surface area contributed by atoms with Gasteiger partial charge in [0.2, 0.25) is 10.0 Å². The zero-order valence-electron chi connectivity index (χ0n) is 19.4. The maximum atomic E-state index is 13.1. The summed E-state index contributed by atoms with van der Waals surface area (Å²) in [6.45, 7) is 2.61. The lowest BCUT2D eigenvalue weighted by atomic mass is 10.1. The first-order chi connectivity index (χ1) is 17.2. The summed E-state index contributed by atoms with van der Waals surface area (Å²) in [6, 6.07) is 10.1. The monoisotopic (exact) mass is 541 g/mol. The average Bonchev–Trinajstić information content (AvgIpc) is 3.51. The van der Waals surface area contributed by atoms with Gasteiger partial charge < -0.3 is 14.0 Å². The molecule has 12 heteroatoms. The summed E-state index contributed by atoms with van der Waals surface area (Å²) in [5.41, 5.74) is 1.40. The molecule has 2 fully saturated rings. The third kappa shape index (κ3) is 5.42. The van der Waals surface area contributed by atoms with Gasteiger partial charge in [0, 0.05) is 25.4 Å². The number of ether oxygens (including phenoxy) is 2. The Bertz CT molecular complexity index is 1310. The van der Waals surface area contributed by atoms with E-state index in [0.717, 1.165) is 36.1 Å². The number of imidazole rings is 1. The highest BCUT2D eigenvalue weighted by atomic mass is 32.2. The van der Waals surface area contributed by atoms with Gasteiger partial charge in [-0.25, -0.2) is 13.4 Å². The second-order valence-electron chi connectivity index (χ2n) is 8.79. The number of rotatable bonds is 7. The van der Waals surface area contributed by atoms with Gasteiger partial charge in [-0.15, -0.1) is 0 Å². The molecule has 5 rings (SSSR count). The smallest absolute Gasteiger partial charge is 0.379 e. The van der Waals surface area contributed by atoms with Crippen LogP contribution >= 0.6 is 11.8 Å². The molecular formula is C24H26F3N3O4S2. The lowest BCUT2D eigenvalue weighted by Gasteiger charge is -2.26. The standard InChI is InChI=1S/C24H26F3N3O4S2/c25-24(26,27)18-5-3-17(4-6-18)16-35-23-28-21-14-20(36(31,32)29-9-12-33-13-10-29)7-8-22(21)30(23)15-19-2-1-11-34-19/h3-8,14,19H,1-2,9-13,15-16H2/t19-/m1/s1. The van der Waals surface area contributed by atoms with E-state index in [-0.39, 0.29) is 11.0 Å². The summed E-state index contributed by atoms with van der Waals surface area (Å²) in [6.07, 6.45) is -2.44. The molecule has 2 saturated heterocycles. The van der Waals surface area contributed by atoms with E-state index in [1.807, 2.05) is 4.57 Å². The van der Waals surface area contributed by atoms with Gasteiger partial charge in [0.05, 0.1) is 47.4 Å². The molecule has 2 aliphatic heterocycles. The summed E-state index contributed by atoms with van der Waals surface area (Å²) in [4.78, 5) is 4.91. The number of aromatic nitrogens is 2. The minimum Gasteiger partial charge on any atom is -0.379 e. The Balaban J connectivity index is 1.43. The maximum absolute atomic E-state index is 13.1. The first-order valence-electron chi connectivity index (χ1n) is 11.7. The molecule has 0 bridgehead atoms. The number of nitrogens with zero attached hydrogens (tertiary/aromatic N) is 3. The fourth-order valence-corrected chi connectivity index (χ4v) is 6.81. The molecule has 0 saturated carbocycles. The SMILES string of the molecule is O=S(=O)(c1ccc2c(c1)nc(SCc1ccc(C(F)(F)F)cc1)n2C[C@H]1CCCO1)N1CCOCC1. The van der Waals surface area contributed by atoms with Gasteiger partial charge in [-0.1, -0.05) is 23.9 Å². The molecule has 3 heterocycles. The van der Waals surface area contributed by atoms with Gasteiger partial charge in [0.15, 0.2) is 5.16 Å². The first-order valence-corrected chi connectivity index (χ1v) is 14.1. The minimum atomic E-state index is -4.37. The fourth-order valence-electron chi connectivity index (χ4n) is 4.40. The Hall–Kier alpha value is -2.12. The maximum Gasteiger partial charge on any atom is 0.416 e. The zero-order chi connectivity index (χ0) is 25.3. The van der Waals surface area contributed by atoms with Gasteiger partial charge in [-0.2, -0.15) is 17.5 Å². The highest BCUT2D eigenvalue weighted by molar-refractivity contribution is 7.98. The number of hydrogen-bond donors (Lipinski definition) is 0. The van der Waals surface area contributed by atoms with Crippen molar-refractivity contribution >= 4 is 32.8 Å². The topological polar surface area (TPSA) is 73.7 Å². The van der Waals surface area contributed by atoms with E-state index in [0.29, 0.717) is 55.9 Å². The van der Waals surface area contributed by atoms with Crippen LogP contribution in [0.1, 0.15) is 24.0 Å². The molecule has 2 aliphatic rings. The molecule has 3 aromatic rings. The van der Waals surface area contributed by atoms with Crippen molar-refractivity contribution in [3.63, 3.8) is 0 Å². The van der Waals surface area contributed by atoms with Crippen LogP contribution in [0.4, 0.5) is 13.2 Å². The van der Waals surface area contributed by atoms with Crippen LogP contribution in [-0.4, -0.2) is 61.3 Å². The average molecular weight is 542 g/mol. The number of thioether (sulfide) groups is 1. The van der Waals surface area contributed by atoms with Crippen molar-refractivity contribution in [2.45, 2.75) is 47.5 Å². The van der Waals surface area contributed by atoms with Gasteiger partial charge in [-0.05, 0) is 48.7 Å². The molecule has 0 N–H and O–H groups in total.